The van der Waals surface area contributed by atoms with Crippen LogP contribution in [0.1, 0.15) is 126 Å². The van der Waals surface area contributed by atoms with Gasteiger partial charge in [0.15, 0.2) is 0 Å². The summed E-state index contributed by atoms with van der Waals surface area (Å²) < 4.78 is 67.7. The fourth-order valence-electron chi connectivity index (χ4n) is 6.78. The monoisotopic (exact) mass is 756 g/mol. The first-order chi connectivity index (χ1) is 26.5. The molecule has 0 aliphatic rings. The smallest absolute Gasteiger partial charge is 0.379 e. The first-order valence-corrected chi connectivity index (χ1v) is 20.7. The van der Waals surface area contributed by atoms with Gasteiger partial charge in [-0.05, 0) is 23.1 Å². The third-order valence-electron chi connectivity index (χ3n) is 9.69. The van der Waals surface area contributed by atoms with Crippen molar-refractivity contribution in [1.29, 1.82) is 0 Å². The molecule has 0 aromatic heterocycles. The van der Waals surface area contributed by atoms with Crippen molar-refractivity contribution in [3.05, 3.63) is 108 Å². The van der Waals surface area contributed by atoms with Gasteiger partial charge in [0.25, 0.3) is 0 Å². The molecule has 5 nitrogen and oxygen atoms in total. The van der Waals surface area contributed by atoms with Crippen LogP contribution in [0.2, 0.25) is 0 Å². The van der Waals surface area contributed by atoms with Crippen molar-refractivity contribution in [2.75, 3.05) is 52.9 Å². The van der Waals surface area contributed by atoms with Gasteiger partial charge < -0.3 is 23.7 Å². The van der Waals surface area contributed by atoms with Crippen LogP contribution in [0, 0.1) is 0 Å². The van der Waals surface area contributed by atoms with Crippen LogP contribution in [0.15, 0.2) is 91.0 Å². The molecule has 0 spiro atoms. The summed E-state index contributed by atoms with van der Waals surface area (Å²) in [6.45, 7) is 2.60. The summed E-state index contributed by atoms with van der Waals surface area (Å²) in [7, 11) is 0. The molecule has 0 fully saturated rings. The molecule has 1 unspecified atom stereocenters. The maximum absolute atomic E-state index is 12.9. The quantitative estimate of drug-likeness (QED) is 0.0457. The number of hydrogen-bond acceptors (Lipinski definition) is 5. The molecule has 54 heavy (non-hydrogen) atoms. The molecule has 0 saturated carbocycles. The van der Waals surface area contributed by atoms with Crippen LogP contribution in [-0.4, -0.2) is 65.1 Å². The Morgan fingerprint density at radius 2 is 0.815 bits per heavy atom. The molecule has 0 bridgehead atoms. The molecule has 3 aromatic carbocycles. The predicted octanol–water partition coefficient (Wildman–Crippen LogP) is 12.3. The van der Waals surface area contributed by atoms with Crippen molar-refractivity contribution in [2.45, 2.75) is 128 Å². The summed E-state index contributed by atoms with van der Waals surface area (Å²) in [6, 6.07) is 30.4. The zero-order valence-electron chi connectivity index (χ0n) is 32.9. The van der Waals surface area contributed by atoms with Gasteiger partial charge in [0, 0.05) is 6.61 Å². The van der Waals surface area contributed by atoms with Crippen molar-refractivity contribution in [3.8, 4) is 0 Å². The molecule has 0 aliphatic carbocycles. The van der Waals surface area contributed by atoms with E-state index in [0.717, 1.165) is 36.0 Å². The van der Waals surface area contributed by atoms with Gasteiger partial charge in [-0.3, -0.25) is 0 Å². The summed E-state index contributed by atoms with van der Waals surface area (Å²) in [5.41, 5.74) is 2.19. The summed E-state index contributed by atoms with van der Waals surface area (Å²) in [6.07, 6.45) is 15.4. The van der Waals surface area contributed by atoms with Crippen molar-refractivity contribution < 1.29 is 36.9 Å². The summed E-state index contributed by atoms with van der Waals surface area (Å²) in [5, 5.41) is 0. The second-order valence-corrected chi connectivity index (χ2v) is 14.2. The van der Waals surface area contributed by atoms with E-state index in [9.17, 15) is 13.2 Å². The number of hydrogen-bond donors (Lipinski definition) is 0. The van der Waals surface area contributed by atoms with Crippen LogP contribution >= 0.6 is 0 Å². The van der Waals surface area contributed by atoms with Crippen molar-refractivity contribution in [2.24, 2.45) is 0 Å². The molecule has 0 radical (unpaired) electrons. The highest BCUT2D eigenvalue weighted by molar-refractivity contribution is 5.47. The first kappa shape index (κ1) is 45.6. The van der Waals surface area contributed by atoms with E-state index in [1.165, 1.54) is 83.5 Å². The normalized spacial score (nSPS) is 12.7. The van der Waals surface area contributed by atoms with Crippen molar-refractivity contribution in [3.63, 3.8) is 0 Å². The Morgan fingerprint density at radius 1 is 0.444 bits per heavy atom. The minimum Gasteiger partial charge on any atom is -0.379 e. The lowest BCUT2D eigenvalue weighted by atomic mass is 9.80. The lowest BCUT2D eigenvalue weighted by Crippen LogP contribution is -2.34. The number of halogens is 3. The van der Waals surface area contributed by atoms with E-state index in [4.69, 9.17) is 23.7 Å². The van der Waals surface area contributed by atoms with Crippen LogP contribution in [0.4, 0.5) is 13.2 Å². The van der Waals surface area contributed by atoms with Crippen LogP contribution in [-0.2, 0) is 29.3 Å². The van der Waals surface area contributed by atoms with E-state index in [1.54, 1.807) is 0 Å². The minimum atomic E-state index is -4.41. The van der Waals surface area contributed by atoms with Gasteiger partial charge in [-0.2, -0.15) is 13.2 Å². The maximum atomic E-state index is 12.9. The van der Waals surface area contributed by atoms with Gasteiger partial charge in [-0.1, -0.05) is 194 Å². The maximum Gasteiger partial charge on any atom is 0.411 e. The van der Waals surface area contributed by atoms with Crippen molar-refractivity contribution in [1.82, 2.24) is 0 Å². The second-order valence-electron chi connectivity index (χ2n) is 14.2. The van der Waals surface area contributed by atoms with Crippen LogP contribution in [0.5, 0.6) is 0 Å². The fourth-order valence-corrected chi connectivity index (χ4v) is 6.78. The molecule has 8 heteroatoms. The van der Waals surface area contributed by atoms with E-state index in [1.807, 2.05) is 54.6 Å². The predicted molar refractivity (Wildman–Crippen MR) is 213 cm³/mol. The minimum absolute atomic E-state index is 0.00592. The second kappa shape index (κ2) is 28.6. The van der Waals surface area contributed by atoms with Crippen molar-refractivity contribution >= 4 is 0 Å². The Balaban J connectivity index is 1.28. The number of unbranched alkanes of at least 4 members (excludes halogenated alkanes) is 15. The SMILES string of the molecule is CCCCCCCCCCCCCCCCCCOCC(COCCOCCOC(c1ccccc1)(c1ccccc1)c1ccccc1)OCC(F)(F)F. The Bertz CT molecular complexity index is 1180. The molecule has 0 amide bonds. The fraction of sp³-hybridized carbons (Fsp3) is 0.609. The number of alkyl halides is 3. The molecular formula is C46H67F3O5. The molecule has 3 aromatic rings. The van der Waals surface area contributed by atoms with E-state index >= 15 is 0 Å². The van der Waals surface area contributed by atoms with Crippen LogP contribution < -0.4 is 0 Å². The number of benzene rings is 3. The van der Waals surface area contributed by atoms with Gasteiger partial charge in [0.1, 0.15) is 18.3 Å². The Labute approximate surface area is 324 Å². The van der Waals surface area contributed by atoms with Gasteiger partial charge in [0.2, 0.25) is 0 Å². The first-order valence-electron chi connectivity index (χ1n) is 20.7. The van der Waals surface area contributed by atoms with Gasteiger partial charge in [-0.15, -0.1) is 0 Å². The molecule has 0 heterocycles. The molecular weight excluding hydrogens is 689 g/mol. The molecule has 1 atom stereocenters. The number of ether oxygens (including phenoxy) is 5. The molecule has 302 valence electrons. The highest BCUT2D eigenvalue weighted by Gasteiger charge is 2.37. The highest BCUT2D eigenvalue weighted by Crippen LogP contribution is 2.40. The van der Waals surface area contributed by atoms with Crippen LogP contribution in [0.3, 0.4) is 0 Å². The molecule has 0 saturated heterocycles. The number of rotatable bonds is 33. The van der Waals surface area contributed by atoms with E-state index in [-0.39, 0.29) is 26.4 Å². The Hall–Kier alpha value is -2.75. The third kappa shape index (κ3) is 19.2. The van der Waals surface area contributed by atoms with Crippen LogP contribution in [0.25, 0.3) is 0 Å². The van der Waals surface area contributed by atoms with E-state index < -0.39 is 24.5 Å². The van der Waals surface area contributed by atoms with Gasteiger partial charge >= 0.3 is 6.18 Å². The van der Waals surface area contributed by atoms with E-state index in [2.05, 4.69) is 43.3 Å². The average Bonchev–Trinajstić information content (AvgIpc) is 3.19. The standard InChI is InChI=1S/C46H67F3O5/c1-2-3-4-5-6-7-8-9-10-11-12-13-14-15-16-26-33-51-38-44(53-40-45(47,48)49)39-52-35-34-50-36-37-54-46(41-27-20-17-21-28-41,42-29-22-18-23-30-42)43-31-24-19-25-32-43/h17-25,27-32,44H,2-16,26,33-40H2,1H3. The van der Waals surface area contributed by atoms with Gasteiger partial charge in [-0.25, -0.2) is 0 Å². The average molecular weight is 757 g/mol. The summed E-state index contributed by atoms with van der Waals surface area (Å²) >= 11 is 0. The summed E-state index contributed by atoms with van der Waals surface area (Å²) in [4.78, 5) is 0. The lowest BCUT2D eigenvalue weighted by Gasteiger charge is -2.36. The van der Waals surface area contributed by atoms with Gasteiger partial charge in [0.05, 0.1) is 39.6 Å². The zero-order chi connectivity index (χ0) is 38.4. The van der Waals surface area contributed by atoms with E-state index in [0.29, 0.717) is 19.8 Å². The Morgan fingerprint density at radius 3 is 1.24 bits per heavy atom. The Kier molecular flexibility index (Phi) is 24.2. The molecule has 0 N–H and O–H groups in total. The third-order valence-corrected chi connectivity index (χ3v) is 9.69. The highest BCUT2D eigenvalue weighted by atomic mass is 19.4. The molecule has 3 rings (SSSR count). The molecule has 0 aliphatic heterocycles. The topological polar surface area (TPSA) is 46.2 Å². The lowest BCUT2D eigenvalue weighted by molar-refractivity contribution is -0.196. The largest absolute Gasteiger partial charge is 0.411 e. The zero-order valence-corrected chi connectivity index (χ0v) is 32.9. The summed E-state index contributed by atoms with van der Waals surface area (Å²) in [5.74, 6) is 0.